The highest BCUT2D eigenvalue weighted by Crippen LogP contribution is 2.22. The van der Waals surface area contributed by atoms with Gasteiger partial charge in [0.1, 0.15) is 12.4 Å². The Labute approximate surface area is 180 Å². The van der Waals surface area contributed by atoms with E-state index >= 15 is 0 Å². The Kier molecular flexibility index (Phi) is 5.28. The number of aryl methyl sites for hydroxylation is 1. The van der Waals surface area contributed by atoms with Crippen molar-refractivity contribution in [2.24, 2.45) is 0 Å². The molecule has 0 aliphatic rings. The number of nitriles is 1. The van der Waals surface area contributed by atoms with Gasteiger partial charge < -0.3 is 15.0 Å². The maximum absolute atomic E-state index is 10.2. The summed E-state index contributed by atoms with van der Waals surface area (Å²) in [5.41, 5.74) is 3.85. The third kappa shape index (κ3) is 4.63. The Morgan fingerprint density at radius 1 is 1.13 bits per heavy atom. The number of aromatic nitrogens is 5. The summed E-state index contributed by atoms with van der Waals surface area (Å²) in [5, 5.41) is 27.4. The molecule has 0 bridgehead atoms. The van der Waals surface area contributed by atoms with Crippen molar-refractivity contribution in [2.75, 3.05) is 5.32 Å². The van der Waals surface area contributed by atoms with Gasteiger partial charge in [0.25, 0.3) is 0 Å². The normalized spacial score (nSPS) is 11.3. The van der Waals surface area contributed by atoms with E-state index in [4.69, 9.17) is 0 Å². The molecule has 0 atom stereocenters. The Morgan fingerprint density at radius 3 is 2.68 bits per heavy atom. The predicted octanol–water partition coefficient (Wildman–Crippen LogP) is 3.66. The minimum atomic E-state index is -0.898. The molecule has 0 aliphatic carbocycles. The van der Waals surface area contributed by atoms with Crippen LogP contribution in [0.15, 0.2) is 61.3 Å². The molecule has 2 N–H and O–H groups in total. The molecule has 4 rings (SSSR count). The zero-order valence-electron chi connectivity index (χ0n) is 17.6. The van der Waals surface area contributed by atoms with Gasteiger partial charge in [0, 0.05) is 11.9 Å². The first-order valence-electron chi connectivity index (χ1n) is 9.85. The molecular weight excluding hydrogens is 390 g/mol. The Bertz CT molecular complexity index is 1260. The molecule has 8 nitrogen and oxygen atoms in total. The van der Waals surface area contributed by atoms with Crippen LogP contribution in [0.1, 0.15) is 36.2 Å². The monoisotopic (exact) mass is 413 g/mol. The second-order valence-electron chi connectivity index (χ2n) is 7.92. The summed E-state index contributed by atoms with van der Waals surface area (Å²) in [7, 11) is 0. The summed E-state index contributed by atoms with van der Waals surface area (Å²) in [6, 6.07) is 15.5. The number of aliphatic hydroxyl groups is 1. The lowest BCUT2D eigenvalue weighted by Gasteiger charge is -2.18. The molecule has 2 aromatic carbocycles. The molecule has 0 radical (unpaired) electrons. The fourth-order valence-corrected chi connectivity index (χ4v) is 3.28. The van der Waals surface area contributed by atoms with Gasteiger partial charge in [-0.1, -0.05) is 24.3 Å². The predicted molar refractivity (Wildman–Crippen MR) is 117 cm³/mol. The summed E-state index contributed by atoms with van der Waals surface area (Å²) >= 11 is 0. The molecule has 0 spiro atoms. The highest BCUT2D eigenvalue weighted by atomic mass is 16.3. The molecule has 8 heteroatoms. The molecule has 2 aromatic heterocycles. The van der Waals surface area contributed by atoms with Crippen molar-refractivity contribution in [1.29, 1.82) is 5.26 Å². The maximum Gasteiger partial charge on any atom is 0.246 e. The van der Waals surface area contributed by atoms with Gasteiger partial charge in [0.15, 0.2) is 0 Å². The van der Waals surface area contributed by atoms with Gasteiger partial charge in [-0.3, -0.25) is 0 Å². The van der Waals surface area contributed by atoms with E-state index < -0.39 is 5.60 Å². The number of anilines is 2. The van der Waals surface area contributed by atoms with E-state index in [2.05, 4.69) is 26.5 Å². The largest absolute Gasteiger partial charge is 0.386 e. The van der Waals surface area contributed by atoms with Crippen molar-refractivity contribution >= 4 is 11.6 Å². The summed E-state index contributed by atoms with van der Waals surface area (Å²) in [6.45, 7) is 5.96. The van der Waals surface area contributed by atoms with Crippen molar-refractivity contribution in [3.63, 3.8) is 0 Å². The second-order valence-corrected chi connectivity index (χ2v) is 7.92. The van der Waals surface area contributed by atoms with E-state index in [9.17, 15) is 10.4 Å². The number of imidazole rings is 1. The van der Waals surface area contributed by atoms with Gasteiger partial charge in [-0.05, 0) is 50.1 Å². The van der Waals surface area contributed by atoms with E-state index in [0.717, 1.165) is 28.2 Å². The first kappa shape index (κ1) is 20.3. The van der Waals surface area contributed by atoms with E-state index in [0.29, 0.717) is 18.1 Å². The lowest BCUT2D eigenvalue weighted by Crippen LogP contribution is -2.15. The average Bonchev–Trinajstić information content (AvgIpc) is 3.36. The highest BCUT2D eigenvalue weighted by molar-refractivity contribution is 5.62. The molecule has 0 fully saturated rings. The van der Waals surface area contributed by atoms with Crippen molar-refractivity contribution in [1.82, 2.24) is 24.3 Å². The number of benzene rings is 2. The number of hydrogen-bond acceptors (Lipinski definition) is 6. The van der Waals surface area contributed by atoms with Crippen LogP contribution < -0.4 is 5.32 Å². The summed E-state index contributed by atoms with van der Waals surface area (Å²) in [6.07, 6.45) is 5.21. The molecule has 156 valence electrons. The van der Waals surface area contributed by atoms with Gasteiger partial charge in [-0.15, -0.1) is 5.10 Å². The molecule has 0 amide bonds. The fourth-order valence-electron chi connectivity index (χ4n) is 3.28. The van der Waals surface area contributed by atoms with E-state index in [1.807, 2.05) is 54.1 Å². The van der Waals surface area contributed by atoms with Gasteiger partial charge in [-0.2, -0.15) is 5.26 Å². The summed E-state index contributed by atoms with van der Waals surface area (Å²) in [5.74, 6) is 0.439. The topological polar surface area (TPSA) is 105 Å². The quantitative estimate of drug-likeness (QED) is 0.500. The van der Waals surface area contributed by atoms with E-state index in [1.165, 1.54) is 0 Å². The molecule has 4 aromatic rings. The highest BCUT2D eigenvalue weighted by Gasteiger charge is 2.16. The second kappa shape index (κ2) is 8.05. The molecule has 0 unspecified atom stereocenters. The van der Waals surface area contributed by atoms with Crippen LogP contribution in [0.25, 0.3) is 5.69 Å². The Balaban J connectivity index is 1.50. The lowest BCUT2D eigenvalue weighted by molar-refractivity contribution is 0.0785. The minimum Gasteiger partial charge on any atom is -0.386 e. The van der Waals surface area contributed by atoms with Crippen LogP contribution in [0.2, 0.25) is 0 Å². The average molecular weight is 413 g/mol. The van der Waals surface area contributed by atoms with Crippen LogP contribution in [0.4, 0.5) is 11.6 Å². The number of rotatable bonds is 6. The number of hydrogen-bond donors (Lipinski definition) is 2. The van der Waals surface area contributed by atoms with Crippen molar-refractivity contribution in [3.05, 3.63) is 83.7 Å². The standard InChI is InChI=1S/C23H23N7O/c1-16-12-29(14-25-16)21-8-7-20(10-18(21)11-24)27-22-26-15-30(28-22)13-17-5-4-6-19(9-17)23(2,3)31/h4-10,12,14-15,31H,13H2,1-3H3,(H,27,28). The smallest absolute Gasteiger partial charge is 0.246 e. The van der Waals surface area contributed by atoms with Crippen LogP contribution in [0.3, 0.4) is 0 Å². The van der Waals surface area contributed by atoms with Crippen LogP contribution in [-0.2, 0) is 12.1 Å². The summed E-state index contributed by atoms with van der Waals surface area (Å²) < 4.78 is 3.55. The lowest BCUT2D eigenvalue weighted by atomic mass is 9.97. The van der Waals surface area contributed by atoms with Gasteiger partial charge >= 0.3 is 0 Å². The molecule has 0 aliphatic heterocycles. The van der Waals surface area contributed by atoms with Crippen LogP contribution in [-0.4, -0.2) is 29.4 Å². The van der Waals surface area contributed by atoms with Crippen LogP contribution in [0, 0.1) is 18.3 Å². The Hall–Kier alpha value is -3.96. The zero-order valence-corrected chi connectivity index (χ0v) is 17.6. The van der Waals surface area contributed by atoms with Gasteiger partial charge in [-0.25, -0.2) is 14.6 Å². The van der Waals surface area contributed by atoms with Crippen molar-refractivity contribution < 1.29 is 5.11 Å². The molecular formula is C23H23N7O. The van der Waals surface area contributed by atoms with Crippen molar-refractivity contribution in [2.45, 2.75) is 32.9 Å². The van der Waals surface area contributed by atoms with Gasteiger partial charge in [0.2, 0.25) is 5.95 Å². The van der Waals surface area contributed by atoms with Crippen LogP contribution in [0.5, 0.6) is 0 Å². The third-order valence-electron chi connectivity index (χ3n) is 4.88. The fraction of sp³-hybridized carbons (Fsp3) is 0.217. The SMILES string of the molecule is Cc1cn(-c2ccc(Nc3ncn(Cc4cccc(C(C)(C)O)c4)n3)cc2C#N)cn1. The first-order chi connectivity index (χ1) is 14.8. The zero-order chi connectivity index (χ0) is 22.0. The van der Waals surface area contributed by atoms with Gasteiger partial charge in [0.05, 0.1) is 35.4 Å². The maximum atomic E-state index is 10.2. The van der Waals surface area contributed by atoms with Crippen molar-refractivity contribution in [3.8, 4) is 11.8 Å². The number of nitrogens with one attached hydrogen (secondary N) is 1. The molecule has 2 heterocycles. The first-order valence-corrected chi connectivity index (χ1v) is 9.85. The molecule has 31 heavy (non-hydrogen) atoms. The van der Waals surface area contributed by atoms with E-state index in [1.54, 1.807) is 37.3 Å². The Morgan fingerprint density at radius 2 is 1.97 bits per heavy atom. The third-order valence-corrected chi connectivity index (χ3v) is 4.88. The minimum absolute atomic E-state index is 0.439. The summed E-state index contributed by atoms with van der Waals surface area (Å²) in [4.78, 5) is 8.53. The van der Waals surface area contributed by atoms with E-state index in [-0.39, 0.29) is 0 Å². The molecule has 0 saturated heterocycles. The molecule has 0 saturated carbocycles. The number of nitrogens with zero attached hydrogens (tertiary/aromatic N) is 6. The van der Waals surface area contributed by atoms with Crippen LogP contribution >= 0.6 is 0 Å².